The minimum absolute atomic E-state index is 0.0119. The zero-order valence-electron chi connectivity index (χ0n) is 9.18. The summed E-state index contributed by atoms with van der Waals surface area (Å²) in [4.78, 5) is 0. The van der Waals surface area contributed by atoms with Crippen molar-refractivity contribution in [2.45, 2.75) is 13.5 Å². The third-order valence-electron chi connectivity index (χ3n) is 2.36. The number of aryl methyl sites for hydroxylation is 1. The molecule has 2 aromatic rings. The van der Waals surface area contributed by atoms with E-state index in [1.165, 1.54) is 0 Å². The molecule has 0 spiro atoms. The third kappa shape index (κ3) is 2.41. The van der Waals surface area contributed by atoms with Gasteiger partial charge in [-0.05, 0) is 30.7 Å². The van der Waals surface area contributed by atoms with E-state index >= 15 is 0 Å². The summed E-state index contributed by atoms with van der Waals surface area (Å²) in [5.41, 5.74) is 1.95. The maximum atomic E-state index is 9.17. The Hall–Kier alpha value is -1.80. The molecule has 82 valence electrons. The van der Waals surface area contributed by atoms with Crippen LogP contribution in [0.2, 0.25) is 0 Å². The van der Waals surface area contributed by atoms with Crippen molar-refractivity contribution in [1.29, 1.82) is 0 Å². The number of rotatable bonds is 3. The second-order valence-electron chi connectivity index (χ2n) is 3.68. The van der Waals surface area contributed by atoms with Crippen LogP contribution in [0.5, 0.6) is 11.5 Å². The van der Waals surface area contributed by atoms with Crippen LogP contribution in [0.15, 0.2) is 48.5 Å². The lowest BCUT2D eigenvalue weighted by Crippen LogP contribution is -1.91. The molecule has 0 fully saturated rings. The van der Waals surface area contributed by atoms with E-state index in [1.807, 2.05) is 55.5 Å². The number of para-hydroxylation sites is 1. The number of aliphatic hydroxyl groups is 1. The van der Waals surface area contributed by atoms with Gasteiger partial charge in [-0.1, -0.05) is 30.3 Å². The van der Waals surface area contributed by atoms with E-state index in [-0.39, 0.29) is 6.61 Å². The van der Waals surface area contributed by atoms with Crippen LogP contribution >= 0.6 is 0 Å². The van der Waals surface area contributed by atoms with Crippen LogP contribution in [0, 0.1) is 6.92 Å². The molecule has 2 aromatic carbocycles. The third-order valence-corrected chi connectivity index (χ3v) is 2.36. The molecule has 2 rings (SSSR count). The Balaban J connectivity index is 2.26. The van der Waals surface area contributed by atoms with E-state index < -0.39 is 0 Å². The average Bonchev–Trinajstić information content (AvgIpc) is 2.30. The van der Waals surface area contributed by atoms with Gasteiger partial charge in [0.15, 0.2) is 0 Å². The molecule has 0 bridgehead atoms. The van der Waals surface area contributed by atoms with Crippen LogP contribution in [-0.4, -0.2) is 5.11 Å². The van der Waals surface area contributed by atoms with Gasteiger partial charge in [-0.25, -0.2) is 0 Å². The first-order chi connectivity index (χ1) is 7.79. The molecule has 0 saturated heterocycles. The van der Waals surface area contributed by atoms with E-state index in [9.17, 15) is 5.11 Å². The molecule has 0 amide bonds. The molecule has 0 aliphatic rings. The summed E-state index contributed by atoms with van der Waals surface area (Å²) in [6.07, 6.45) is 0. The van der Waals surface area contributed by atoms with Crippen LogP contribution in [-0.2, 0) is 6.61 Å². The van der Waals surface area contributed by atoms with Crippen molar-refractivity contribution in [3.05, 3.63) is 59.7 Å². The highest BCUT2D eigenvalue weighted by atomic mass is 16.5. The van der Waals surface area contributed by atoms with Crippen molar-refractivity contribution in [2.24, 2.45) is 0 Å². The van der Waals surface area contributed by atoms with Crippen molar-refractivity contribution >= 4 is 0 Å². The quantitative estimate of drug-likeness (QED) is 0.849. The van der Waals surface area contributed by atoms with Gasteiger partial charge in [-0.2, -0.15) is 0 Å². The predicted octanol–water partition coefficient (Wildman–Crippen LogP) is 3.28. The Morgan fingerprint density at radius 1 is 1.06 bits per heavy atom. The molecule has 0 aromatic heterocycles. The number of benzene rings is 2. The number of hydrogen-bond donors (Lipinski definition) is 1. The summed E-state index contributed by atoms with van der Waals surface area (Å²) >= 11 is 0. The zero-order valence-corrected chi connectivity index (χ0v) is 9.18. The van der Waals surface area contributed by atoms with E-state index in [0.717, 1.165) is 16.9 Å². The Morgan fingerprint density at radius 2 is 1.88 bits per heavy atom. The van der Waals surface area contributed by atoms with Crippen LogP contribution < -0.4 is 4.74 Å². The van der Waals surface area contributed by atoms with Crippen LogP contribution in [0.1, 0.15) is 11.1 Å². The molecule has 0 saturated carbocycles. The standard InChI is InChI=1S/C14H14O2/c1-11-5-4-7-13(9-11)16-14-8-3-2-6-12(14)10-15/h2-9,15H,10H2,1H3. The Morgan fingerprint density at radius 3 is 2.62 bits per heavy atom. The predicted molar refractivity (Wildman–Crippen MR) is 63.6 cm³/mol. The second kappa shape index (κ2) is 4.81. The lowest BCUT2D eigenvalue weighted by atomic mass is 10.2. The fraction of sp³-hybridized carbons (Fsp3) is 0.143. The van der Waals surface area contributed by atoms with Gasteiger partial charge >= 0.3 is 0 Å². The molecule has 0 heterocycles. The maximum Gasteiger partial charge on any atom is 0.132 e. The number of ether oxygens (including phenoxy) is 1. The van der Waals surface area contributed by atoms with Gasteiger partial charge in [-0.3, -0.25) is 0 Å². The normalized spacial score (nSPS) is 10.1. The Labute approximate surface area is 95.1 Å². The molecule has 16 heavy (non-hydrogen) atoms. The van der Waals surface area contributed by atoms with Crippen molar-refractivity contribution in [1.82, 2.24) is 0 Å². The summed E-state index contributed by atoms with van der Waals surface area (Å²) in [5, 5.41) is 9.17. The first-order valence-electron chi connectivity index (χ1n) is 5.23. The van der Waals surface area contributed by atoms with Crippen molar-refractivity contribution in [3.63, 3.8) is 0 Å². The van der Waals surface area contributed by atoms with E-state index in [1.54, 1.807) is 0 Å². The van der Waals surface area contributed by atoms with Crippen molar-refractivity contribution in [3.8, 4) is 11.5 Å². The van der Waals surface area contributed by atoms with Crippen molar-refractivity contribution < 1.29 is 9.84 Å². The van der Waals surface area contributed by atoms with Crippen LogP contribution in [0.3, 0.4) is 0 Å². The van der Waals surface area contributed by atoms with Gasteiger partial charge in [0.25, 0.3) is 0 Å². The average molecular weight is 214 g/mol. The highest BCUT2D eigenvalue weighted by molar-refractivity contribution is 5.38. The van der Waals surface area contributed by atoms with Gasteiger partial charge in [0.05, 0.1) is 6.61 Å². The molecule has 2 heteroatoms. The minimum atomic E-state index is -0.0119. The molecular weight excluding hydrogens is 200 g/mol. The fourth-order valence-electron chi connectivity index (χ4n) is 1.54. The summed E-state index contributed by atoms with van der Waals surface area (Å²) < 4.78 is 5.72. The lowest BCUT2D eigenvalue weighted by Gasteiger charge is -2.09. The molecule has 0 unspecified atom stereocenters. The topological polar surface area (TPSA) is 29.5 Å². The molecule has 0 aliphatic carbocycles. The SMILES string of the molecule is Cc1cccc(Oc2ccccc2CO)c1. The second-order valence-corrected chi connectivity index (χ2v) is 3.68. The molecule has 0 aliphatic heterocycles. The van der Waals surface area contributed by atoms with Gasteiger partial charge in [0, 0.05) is 5.56 Å². The molecule has 0 radical (unpaired) electrons. The Kier molecular flexibility index (Phi) is 3.22. The maximum absolute atomic E-state index is 9.17. The first-order valence-corrected chi connectivity index (χ1v) is 5.23. The van der Waals surface area contributed by atoms with Crippen molar-refractivity contribution in [2.75, 3.05) is 0 Å². The van der Waals surface area contributed by atoms with E-state index in [4.69, 9.17) is 4.74 Å². The molecule has 2 nitrogen and oxygen atoms in total. The number of hydrogen-bond acceptors (Lipinski definition) is 2. The lowest BCUT2D eigenvalue weighted by molar-refractivity contribution is 0.276. The van der Waals surface area contributed by atoms with E-state index in [0.29, 0.717) is 5.75 Å². The van der Waals surface area contributed by atoms with Gasteiger partial charge in [-0.15, -0.1) is 0 Å². The highest BCUT2D eigenvalue weighted by Crippen LogP contribution is 2.25. The minimum Gasteiger partial charge on any atom is -0.457 e. The van der Waals surface area contributed by atoms with Gasteiger partial charge in [0.1, 0.15) is 11.5 Å². The van der Waals surface area contributed by atoms with Gasteiger partial charge < -0.3 is 9.84 Å². The van der Waals surface area contributed by atoms with E-state index in [2.05, 4.69) is 0 Å². The number of aliphatic hydroxyl groups excluding tert-OH is 1. The first kappa shape index (κ1) is 10.7. The Bertz CT molecular complexity index is 478. The molecule has 0 atom stereocenters. The summed E-state index contributed by atoms with van der Waals surface area (Å²) in [6.45, 7) is 2.01. The monoisotopic (exact) mass is 214 g/mol. The smallest absolute Gasteiger partial charge is 0.132 e. The molecular formula is C14H14O2. The summed E-state index contributed by atoms with van der Waals surface area (Å²) in [6, 6.07) is 15.3. The summed E-state index contributed by atoms with van der Waals surface area (Å²) in [7, 11) is 0. The molecule has 1 N–H and O–H groups in total. The zero-order chi connectivity index (χ0) is 11.4. The largest absolute Gasteiger partial charge is 0.457 e. The van der Waals surface area contributed by atoms with Crippen LogP contribution in [0.25, 0.3) is 0 Å². The summed E-state index contributed by atoms with van der Waals surface area (Å²) in [5.74, 6) is 1.50. The fourth-order valence-corrected chi connectivity index (χ4v) is 1.54. The van der Waals surface area contributed by atoms with Crippen LogP contribution in [0.4, 0.5) is 0 Å². The highest BCUT2D eigenvalue weighted by Gasteiger charge is 2.02. The van der Waals surface area contributed by atoms with Gasteiger partial charge in [0.2, 0.25) is 0 Å².